The van der Waals surface area contributed by atoms with Gasteiger partial charge in [0.1, 0.15) is 6.10 Å². The van der Waals surface area contributed by atoms with E-state index in [0.717, 1.165) is 11.8 Å². The van der Waals surface area contributed by atoms with Crippen LogP contribution < -0.4 is 0 Å². The lowest BCUT2D eigenvalue weighted by Crippen LogP contribution is -2.35. The normalized spacial score (nSPS) is 17.8. The minimum absolute atomic E-state index is 0.494. The van der Waals surface area contributed by atoms with Gasteiger partial charge >= 0.3 is 0 Å². The highest BCUT2D eigenvalue weighted by Gasteiger charge is 2.41. The molecule has 0 saturated carbocycles. The van der Waals surface area contributed by atoms with Crippen LogP contribution in [0.1, 0.15) is 24.2 Å². The average molecular weight is 263 g/mol. The highest BCUT2D eigenvalue weighted by atomic mass is 35.5. The molecule has 1 aromatic carbocycles. The summed E-state index contributed by atoms with van der Waals surface area (Å²) in [6.45, 7) is 3.21. The molecule has 16 heavy (non-hydrogen) atoms. The van der Waals surface area contributed by atoms with E-state index in [1.807, 2.05) is 6.92 Å². The van der Waals surface area contributed by atoms with E-state index >= 15 is 0 Å². The van der Waals surface area contributed by atoms with Crippen LogP contribution in [0.2, 0.25) is 0 Å². The van der Waals surface area contributed by atoms with E-state index in [2.05, 4.69) is 0 Å². The molecule has 0 aliphatic rings. The summed E-state index contributed by atoms with van der Waals surface area (Å²) in [7, 11) is -3.54. The van der Waals surface area contributed by atoms with E-state index in [4.69, 9.17) is 11.6 Å². The lowest BCUT2D eigenvalue weighted by Gasteiger charge is -2.26. The molecule has 0 bridgehead atoms. The third kappa shape index (κ3) is 2.56. The number of aryl methyl sites for hydroxylation is 1. The van der Waals surface area contributed by atoms with Crippen molar-refractivity contribution in [2.45, 2.75) is 24.2 Å². The van der Waals surface area contributed by atoms with E-state index in [9.17, 15) is 13.5 Å². The van der Waals surface area contributed by atoms with Crippen LogP contribution in [0.15, 0.2) is 24.3 Å². The molecule has 0 unspecified atom stereocenters. The van der Waals surface area contributed by atoms with Crippen molar-refractivity contribution in [1.29, 1.82) is 0 Å². The second-order valence-electron chi connectivity index (χ2n) is 4.07. The van der Waals surface area contributed by atoms with Crippen molar-refractivity contribution in [3.05, 3.63) is 35.4 Å². The van der Waals surface area contributed by atoms with Crippen LogP contribution in [0, 0.1) is 6.92 Å². The molecule has 3 nitrogen and oxygen atoms in total. The fourth-order valence-electron chi connectivity index (χ4n) is 1.25. The molecule has 0 aliphatic carbocycles. The number of sulfone groups is 1. The molecule has 1 aromatic rings. The molecule has 0 spiro atoms. The zero-order valence-electron chi connectivity index (χ0n) is 9.44. The number of hydrogen-bond donors (Lipinski definition) is 1. The fraction of sp³-hybridized carbons (Fsp3) is 0.455. The van der Waals surface area contributed by atoms with Crippen LogP contribution in [-0.2, 0) is 9.84 Å². The van der Waals surface area contributed by atoms with Gasteiger partial charge in [-0.05, 0) is 19.4 Å². The van der Waals surface area contributed by atoms with E-state index < -0.39 is 20.1 Å². The standard InChI is InChI=1S/C11H15ClO3S/c1-8-4-6-9(7-5-8)10(13)11(2,12)16(3,14)15/h4-7,10,13H,1-3H3/t10-,11+/m1/s1. The van der Waals surface area contributed by atoms with Crippen molar-refractivity contribution in [1.82, 2.24) is 0 Å². The first-order valence-electron chi connectivity index (χ1n) is 4.79. The van der Waals surface area contributed by atoms with Gasteiger partial charge in [0, 0.05) is 6.26 Å². The van der Waals surface area contributed by atoms with Gasteiger partial charge in [-0.2, -0.15) is 0 Å². The molecule has 1 N–H and O–H groups in total. The number of alkyl halides is 1. The van der Waals surface area contributed by atoms with Crippen LogP contribution in [0.25, 0.3) is 0 Å². The smallest absolute Gasteiger partial charge is 0.172 e. The van der Waals surface area contributed by atoms with Crippen LogP contribution >= 0.6 is 11.6 Å². The lowest BCUT2D eigenvalue weighted by atomic mass is 10.1. The molecule has 90 valence electrons. The Bertz CT molecular complexity index is 463. The topological polar surface area (TPSA) is 54.4 Å². The summed E-state index contributed by atoms with van der Waals surface area (Å²) in [6, 6.07) is 6.94. The molecule has 2 atom stereocenters. The van der Waals surface area contributed by atoms with Crippen molar-refractivity contribution in [2.75, 3.05) is 6.26 Å². The monoisotopic (exact) mass is 262 g/mol. The maximum absolute atomic E-state index is 11.4. The Balaban J connectivity index is 3.12. The Morgan fingerprint density at radius 3 is 2.12 bits per heavy atom. The van der Waals surface area contributed by atoms with E-state index in [-0.39, 0.29) is 0 Å². The van der Waals surface area contributed by atoms with Gasteiger partial charge in [-0.1, -0.05) is 41.4 Å². The third-order valence-electron chi connectivity index (χ3n) is 2.61. The number of aliphatic hydroxyl groups is 1. The average Bonchev–Trinajstić information content (AvgIpc) is 2.16. The quantitative estimate of drug-likeness (QED) is 0.848. The van der Waals surface area contributed by atoms with Gasteiger partial charge in [0.15, 0.2) is 14.0 Å². The van der Waals surface area contributed by atoms with Gasteiger partial charge in [0.2, 0.25) is 0 Å². The Hall–Kier alpha value is -0.580. The molecule has 0 radical (unpaired) electrons. The molecule has 0 saturated heterocycles. The van der Waals surface area contributed by atoms with E-state index in [0.29, 0.717) is 5.56 Å². The van der Waals surface area contributed by atoms with Gasteiger partial charge in [0.25, 0.3) is 0 Å². The minimum Gasteiger partial charge on any atom is -0.385 e. The number of aliphatic hydroxyl groups excluding tert-OH is 1. The summed E-state index contributed by atoms with van der Waals surface area (Å²) in [5.41, 5.74) is 1.53. The number of benzene rings is 1. The van der Waals surface area contributed by atoms with Crippen molar-refractivity contribution in [3.63, 3.8) is 0 Å². The second kappa shape index (κ2) is 4.35. The number of halogens is 1. The zero-order chi connectivity index (χ0) is 12.6. The third-order valence-corrected chi connectivity index (χ3v) is 5.33. The van der Waals surface area contributed by atoms with Crippen molar-refractivity contribution < 1.29 is 13.5 Å². The van der Waals surface area contributed by atoms with E-state index in [1.54, 1.807) is 24.3 Å². The number of hydrogen-bond acceptors (Lipinski definition) is 3. The zero-order valence-corrected chi connectivity index (χ0v) is 11.0. The molecule has 0 heterocycles. The van der Waals surface area contributed by atoms with Crippen LogP contribution in [0.4, 0.5) is 0 Å². The molecule has 0 amide bonds. The molecule has 0 fully saturated rings. The predicted molar refractivity (Wildman–Crippen MR) is 65.2 cm³/mol. The predicted octanol–water partition coefficient (Wildman–Crippen LogP) is 2.03. The molecular weight excluding hydrogens is 248 g/mol. The summed E-state index contributed by atoms with van der Waals surface area (Å²) in [4.78, 5) is 0. The summed E-state index contributed by atoms with van der Waals surface area (Å²) in [6.07, 6.45) is -0.234. The molecule has 0 aromatic heterocycles. The summed E-state index contributed by atoms with van der Waals surface area (Å²) >= 11 is 5.90. The minimum atomic E-state index is -3.54. The molecular formula is C11H15ClO3S. The fourth-order valence-corrected chi connectivity index (χ4v) is 1.92. The van der Waals surface area contributed by atoms with Crippen molar-refractivity contribution >= 4 is 21.4 Å². The van der Waals surface area contributed by atoms with Crippen LogP contribution in [-0.4, -0.2) is 24.0 Å². The highest BCUT2D eigenvalue weighted by molar-refractivity contribution is 7.93. The highest BCUT2D eigenvalue weighted by Crippen LogP contribution is 2.36. The van der Waals surface area contributed by atoms with Gasteiger partial charge in [-0.15, -0.1) is 0 Å². The van der Waals surface area contributed by atoms with Gasteiger partial charge < -0.3 is 5.11 Å². The van der Waals surface area contributed by atoms with Gasteiger partial charge in [-0.25, -0.2) is 8.42 Å². The first-order valence-corrected chi connectivity index (χ1v) is 7.06. The maximum atomic E-state index is 11.4. The first-order chi connectivity index (χ1) is 7.16. The summed E-state index contributed by atoms with van der Waals surface area (Å²) < 4.78 is 21.2. The second-order valence-corrected chi connectivity index (χ2v) is 7.47. The van der Waals surface area contributed by atoms with Gasteiger partial charge in [-0.3, -0.25) is 0 Å². The molecule has 1 rings (SSSR count). The molecule has 0 aliphatic heterocycles. The summed E-state index contributed by atoms with van der Waals surface area (Å²) in [5.74, 6) is 0. The van der Waals surface area contributed by atoms with Crippen molar-refractivity contribution in [2.24, 2.45) is 0 Å². The number of rotatable bonds is 3. The first kappa shape index (κ1) is 13.5. The largest absolute Gasteiger partial charge is 0.385 e. The maximum Gasteiger partial charge on any atom is 0.172 e. The lowest BCUT2D eigenvalue weighted by molar-refractivity contribution is 0.163. The Morgan fingerprint density at radius 1 is 1.31 bits per heavy atom. The van der Waals surface area contributed by atoms with Crippen LogP contribution in [0.3, 0.4) is 0 Å². The Labute approximate surface area is 101 Å². The Kier molecular flexibility index (Phi) is 3.67. The van der Waals surface area contributed by atoms with E-state index in [1.165, 1.54) is 6.92 Å². The van der Waals surface area contributed by atoms with Crippen LogP contribution in [0.5, 0.6) is 0 Å². The SMILES string of the molecule is Cc1ccc([C@@H](O)[C@@](C)(Cl)S(C)(=O)=O)cc1. The van der Waals surface area contributed by atoms with Gasteiger partial charge in [0.05, 0.1) is 0 Å². The summed E-state index contributed by atoms with van der Waals surface area (Å²) in [5, 5.41) is 9.96. The Morgan fingerprint density at radius 2 is 1.75 bits per heavy atom. The van der Waals surface area contributed by atoms with Crippen molar-refractivity contribution in [3.8, 4) is 0 Å². The molecule has 5 heteroatoms.